The second-order valence-electron chi connectivity index (χ2n) is 5.73. The topological polar surface area (TPSA) is 52.7 Å². The highest BCUT2D eigenvalue weighted by atomic mass is 32.2. The molecule has 2 aliphatic heterocycles. The smallest absolute Gasteiger partial charge is 0.215 e. The van der Waals surface area contributed by atoms with E-state index in [0.29, 0.717) is 19.1 Å². The summed E-state index contributed by atoms with van der Waals surface area (Å²) < 4.78 is 26.6. The zero-order valence-electron chi connectivity index (χ0n) is 12.1. The number of nitrogens with zero attached hydrogens (tertiary/aromatic N) is 2. The first-order valence-corrected chi connectivity index (χ1v) is 9.10. The zero-order chi connectivity index (χ0) is 13.9. The maximum atomic E-state index is 12.4. The van der Waals surface area contributed by atoms with Gasteiger partial charge in [-0.25, -0.2) is 8.42 Å². The van der Waals surface area contributed by atoms with E-state index in [0.717, 1.165) is 26.1 Å². The second-order valence-corrected chi connectivity index (χ2v) is 7.77. The molecule has 112 valence electrons. The lowest BCUT2D eigenvalue weighted by atomic mass is 9.99. The largest absolute Gasteiger partial charge is 0.316 e. The highest BCUT2D eigenvalue weighted by Gasteiger charge is 2.38. The molecule has 6 heteroatoms. The molecule has 0 aromatic heterocycles. The molecular formula is C13H27N3O2S. The summed E-state index contributed by atoms with van der Waals surface area (Å²) in [6.07, 6.45) is 3.64. The number of piperidine rings is 1. The van der Waals surface area contributed by atoms with Gasteiger partial charge in [-0.3, -0.25) is 4.90 Å². The summed E-state index contributed by atoms with van der Waals surface area (Å²) in [5, 5.41) is 3.10. The molecule has 19 heavy (non-hydrogen) atoms. The number of fused-ring (bicyclic) bond motifs is 1. The van der Waals surface area contributed by atoms with Crippen LogP contribution in [0.3, 0.4) is 0 Å². The van der Waals surface area contributed by atoms with Crippen LogP contribution in [-0.4, -0.2) is 68.2 Å². The molecule has 0 saturated carbocycles. The van der Waals surface area contributed by atoms with E-state index in [2.05, 4.69) is 10.2 Å². The fraction of sp³-hybridized carbons (Fsp3) is 1.00. The molecule has 2 heterocycles. The van der Waals surface area contributed by atoms with E-state index in [9.17, 15) is 8.42 Å². The van der Waals surface area contributed by atoms with Crippen LogP contribution in [0.5, 0.6) is 0 Å². The number of hydrogen-bond donors (Lipinski definition) is 1. The molecule has 1 N–H and O–H groups in total. The molecule has 0 aliphatic carbocycles. The quantitative estimate of drug-likeness (QED) is 0.748. The van der Waals surface area contributed by atoms with E-state index in [1.807, 2.05) is 13.8 Å². The third-order valence-corrected chi connectivity index (χ3v) is 6.22. The maximum Gasteiger partial charge on any atom is 0.215 e. The summed E-state index contributed by atoms with van der Waals surface area (Å²) >= 11 is 0. The Labute approximate surface area is 117 Å². The van der Waals surface area contributed by atoms with Gasteiger partial charge in [0.25, 0.3) is 0 Å². The average molecular weight is 289 g/mol. The van der Waals surface area contributed by atoms with Gasteiger partial charge in [-0.15, -0.1) is 0 Å². The summed E-state index contributed by atoms with van der Waals surface area (Å²) in [6.45, 7) is 8.13. The van der Waals surface area contributed by atoms with Gasteiger partial charge in [-0.2, -0.15) is 4.31 Å². The first-order valence-electron chi connectivity index (χ1n) is 7.49. The van der Waals surface area contributed by atoms with Crippen LogP contribution in [0.4, 0.5) is 0 Å². The molecule has 5 nitrogen and oxygen atoms in total. The van der Waals surface area contributed by atoms with Crippen LogP contribution >= 0.6 is 0 Å². The monoisotopic (exact) mass is 289 g/mol. The van der Waals surface area contributed by atoms with Crippen molar-refractivity contribution in [2.45, 2.75) is 45.2 Å². The fourth-order valence-electron chi connectivity index (χ4n) is 3.21. The van der Waals surface area contributed by atoms with Gasteiger partial charge >= 0.3 is 0 Å². The Morgan fingerprint density at radius 2 is 2.05 bits per heavy atom. The summed E-state index contributed by atoms with van der Waals surface area (Å²) in [5.74, 6) is 0.220. The number of rotatable bonds is 5. The third kappa shape index (κ3) is 3.68. The minimum absolute atomic E-state index is 0.112. The van der Waals surface area contributed by atoms with Crippen LogP contribution < -0.4 is 5.32 Å². The Morgan fingerprint density at radius 3 is 2.79 bits per heavy atom. The molecule has 2 saturated heterocycles. The lowest BCUT2D eigenvalue weighted by Gasteiger charge is -2.46. The first kappa shape index (κ1) is 15.2. The number of sulfonamides is 1. The van der Waals surface area contributed by atoms with Gasteiger partial charge in [-0.05, 0) is 32.9 Å². The van der Waals surface area contributed by atoms with E-state index in [-0.39, 0.29) is 11.8 Å². The highest BCUT2D eigenvalue weighted by molar-refractivity contribution is 7.89. The Kier molecular flexibility index (Phi) is 5.22. The van der Waals surface area contributed by atoms with E-state index in [1.54, 1.807) is 4.31 Å². The average Bonchev–Trinajstić information content (AvgIpc) is 2.38. The molecule has 2 atom stereocenters. The van der Waals surface area contributed by atoms with Crippen molar-refractivity contribution in [1.29, 1.82) is 0 Å². The Bertz CT molecular complexity index is 385. The normalized spacial score (nSPS) is 30.2. The second kappa shape index (κ2) is 6.52. The molecule has 0 aromatic rings. The molecule has 2 unspecified atom stereocenters. The molecule has 0 amide bonds. The Morgan fingerprint density at radius 1 is 1.26 bits per heavy atom. The molecule has 2 aliphatic rings. The van der Waals surface area contributed by atoms with Crippen molar-refractivity contribution < 1.29 is 8.42 Å². The molecule has 0 bridgehead atoms. The SMILES string of the molecule is CCNCCS(=O)(=O)N1CC2CCCCN2CC1C. The van der Waals surface area contributed by atoms with Gasteiger partial charge in [0.15, 0.2) is 0 Å². The molecule has 0 aromatic carbocycles. The highest BCUT2D eigenvalue weighted by Crippen LogP contribution is 2.25. The first-order chi connectivity index (χ1) is 9.04. The van der Waals surface area contributed by atoms with E-state index >= 15 is 0 Å². The third-order valence-electron chi connectivity index (χ3n) is 4.27. The van der Waals surface area contributed by atoms with Crippen molar-refractivity contribution in [2.75, 3.05) is 38.5 Å². The summed E-state index contributed by atoms with van der Waals surface area (Å²) in [7, 11) is -3.11. The number of piperazine rings is 1. The Hall–Kier alpha value is -0.170. The van der Waals surface area contributed by atoms with Crippen molar-refractivity contribution in [1.82, 2.24) is 14.5 Å². The fourth-order valence-corrected chi connectivity index (χ4v) is 4.86. The molecule has 2 fully saturated rings. The number of hydrogen-bond acceptors (Lipinski definition) is 4. The van der Waals surface area contributed by atoms with E-state index in [4.69, 9.17) is 0 Å². The van der Waals surface area contributed by atoms with Gasteiger partial charge in [0.1, 0.15) is 0 Å². The predicted octanol–water partition coefficient (Wildman–Crippen LogP) is 0.484. The van der Waals surface area contributed by atoms with Gasteiger partial charge in [0, 0.05) is 31.7 Å². The lowest BCUT2D eigenvalue weighted by molar-refractivity contribution is 0.0565. The van der Waals surface area contributed by atoms with E-state index in [1.165, 1.54) is 12.8 Å². The number of nitrogens with one attached hydrogen (secondary N) is 1. The van der Waals surface area contributed by atoms with Crippen LogP contribution in [0.15, 0.2) is 0 Å². The van der Waals surface area contributed by atoms with E-state index < -0.39 is 10.0 Å². The zero-order valence-corrected chi connectivity index (χ0v) is 13.0. The molecular weight excluding hydrogens is 262 g/mol. The van der Waals surface area contributed by atoms with Crippen LogP contribution in [0.2, 0.25) is 0 Å². The molecule has 2 rings (SSSR count). The van der Waals surface area contributed by atoms with Crippen molar-refractivity contribution in [3.63, 3.8) is 0 Å². The van der Waals surface area contributed by atoms with Crippen LogP contribution in [0.25, 0.3) is 0 Å². The van der Waals surface area contributed by atoms with Crippen molar-refractivity contribution in [2.24, 2.45) is 0 Å². The van der Waals surface area contributed by atoms with Gasteiger partial charge in [-0.1, -0.05) is 13.3 Å². The standard InChI is InChI=1S/C13H27N3O2S/c1-3-14-7-9-19(17,18)16-11-13-6-4-5-8-15(13)10-12(16)2/h12-14H,3-11H2,1-2H3. The minimum Gasteiger partial charge on any atom is -0.316 e. The van der Waals surface area contributed by atoms with Gasteiger partial charge in [0.2, 0.25) is 10.0 Å². The maximum absolute atomic E-state index is 12.4. The molecule has 0 spiro atoms. The van der Waals surface area contributed by atoms with Crippen LogP contribution in [0.1, 0.15) is 33.1 Å². The van der Waals surface area contributed by atoms with Crippen LogP contribution in [-0.2, 0) is 10.0 Å². The van der Waals surface area contributed by atoms with Gasteiger partial charge < -0.3 is 5.32 Å². The van der Waals surface area contributed by atoms with Crippen LogP contribution in [0, 0.1) is 0 Å². The summed E-state index contributed by atoms with van der Waals surface area (Å²) in [4.78, 5) is 2.48. The van der Waals surface area contributed by atoms with Crippen molar-refractivity contribution in [3.8, 4) is 0 Å². The molecule has 0 radical (unpaired) electrons. The minimum atomic E-state index is -3.11. The summed E-state index contributed by atoms with van der Waals surface area (Å²) in [6, 6.07) is 0.555. The van der Waals surface area contributed by atoms with Crippen molar-refractivity contribution in [3.05, 3.63) is 0 Å². The Balaban J connectivity index is 1.98. The summed E-state index contributed by atoms with van der Waals surface area (Å²) in [5.41, 5.74) is 0. The lowest BCUT2D eigenvalue weighted by Crippen LogP contribution is -2.60. The van der Waals surface area contributed by atoms with Crippen molar-refractivity contribution >= 4 is 10.0 Å². The van der Waals surface area contributed by atoms with Gasteiger partial charge in [0.05, 0.1) is 5.75 Å². The predicted molar refractivity (Wildman–Crippen MR) is 77.7 cm³/mol.